The number of imidazole rings is 1. The number of aryl methyl sites for hydroxylation is 1. The SMILES string of the molecule is CCCCCCCCCCCn1c(C(C)NC(=O)c2cccc(Cl)c2)nc2ccccc21. The molecule has 0 aliphatic rings. The number of hydrogen-bond donors (Lipinski definition) is 1. The van der Waals surface area contributed by atoms with Crippen LogP contribution in [0.1, 0.15) is 93.9 Å². The minimum atomic E-state index is -0.201. The van der Waals surface area contributed by atoms with Crippen LogP contribution in [0.15, 0.2) is 48.5 Å². The Bertz CT molecular complexity index is 997. The summed E-state index contributed by atoms with van der Waals surface area (Å²) in [6, 6.07) is 15.0. The summed E-state index contributed by atoms with van der Waals surface area (Å²) < 4.78 is 2.28. The predicted octanol–water partition coefficient (Wildman–Crippen LogP) is 7.71. The average Bonchev–Trinajstić information content (AvgIpc) is 3.17. The van der Waals surface area contributed by atoms with Crippen molar-refractivity contribution in [2.45, 2.75) is 84.2 Å². The third kappa shape index (κ3) is 6.83. The molecule has 1 aromatic heterocycles. The smallest absolute Gasteiger partial charge is 0.251 e. The minimum Gasteiger partial charge on any atom is -0.342 e. The van der Waals surface area contributed by atoms with Gasteiger partial charge < -0.3 is 9.88 Å². The highest BCUT2D eigenvalue weighted by Gasteiger charge is 2.19. The van der Waals surface area contributed by atoms with Crippen molar-refractivity contribution in [1.29, 1.82) is 0 Å². The number of hydrogen-bond acceptors (Lipinski definition) is 2. The Morgan fingerprint density at radius 1 is 0.969 bits per heavy atom. The van der Waals surface area contributed by atoms with Crippen LogP contribution in [0.4, 0.5) is 0 Å². The van der Waals surface area contributed by atoms with Crippen LogP contribution in [-0.2, 0) is 6.54 Å². The van der Waals surface area contributed by atoms with Gasteiger partial charge in [-0.2, -0.15) is 0 Å². The molecule has 1 N–H and O–H groups in total. The van der Waals surface area contributed by atoms with Crippen LogP contribution in [-0.4, -0.2) is 15.5 Å². The van der Waals surface area contributed by atoms with E-state index in [0.717, 1.165) is 29.8 Å². The van der Waals surface area contributed by atoms with Gasteiger partial charge in [-0.3, -0.25) is 4.79 Å². The highest BCUT2D eigenvalue weighted by atomic mass is 35.5. The highest BCUT2D eigenvalue weighted by Crippen LogP contribution is 2.23. The first-order valence-corrected chi connectivity index (χ1v) is 12.5. The molecule has 1 atom stereocenters. The second-order valence-corrected chi connectivity index (χ2v) is 9.08. The number of rotatable bonds is 13. The van der Waals surface area contributed by atoms with Crippen molar-refractivity contribution in [2.75, 3.05) is 0 Å². The molecule has 0 fully saturated rings. The molecule has 32 heavy (non-hydrogen) atoms. The summed E-state index contributed by atoms with van der Waals surface area (Å²) in [4.78, 5) is 17.6. The van der Waals surface area contributed by atoms with E-state index in [4.69, 9.17) is 16.6 Å². The summed E-state index contributed by atoms with van der Waals surface area (Å²) in [7, 11) is 0. The van der Waals surface area contributed by atoms with Gasteiger partial charge in [0.05, 0.1) is 17.1 Å². The number of carbonyl (C=O) groups excluding carboxylic acids is 1. The van der Waals surface area contributed by atoms with Crippen LogP contribution in [0, 0.1) is 0 Å². The van der Waals surface area contributed by atoms with Crippen molar-refractivity contribution in [3.05, 3.63) is 64.9 Å². The number of carbonyl (C=O) groups is 1. The zero-order valence-corrected chi connectivity index (χ0v) is 20.2. The van der Waals surface area contributed by atoms with Crippen LogP contribution in [0.5, 0.6) is 0 Å². The van der Waals surface area contributed by atoms with Crippen molar-refractivity contribution >= 4 is 28.5 Å². The topological polar surface area (TPSA) is 46.9 Å². The fraction of sp³-hybridized carbons (Fsp3) is 0.481. The Morgan fingerprint density at radius 3 is 2.38 bits per heavy atom. The van der Waals surface area contributed by atoms with Crippen molar-refractivity contribution < 1.29 is 4.79 Å². The van der Waals surface area contributed by atoms with E-state index in [0.29, 0.717) is 10.6 Å². The molecular formula is C27H36ClN3O. The lowest BCUT2D eigenvalue weighted by Crippen LogP contribution is -2.28. The van der Waals surface area contributed by atoms with Crippen molar-refractivity contribution in [3.63, 3.8) is 0 Å². The van der Waals surface area contributed by atoms with Gasteiger partial charge in [-0.1, -0.05) is 88.1 Å². The molecule has 3 aromatic rings. The Kier molecular flexibility index (Phi) is 9.61. The maximum atomic E-state index is 12.7. The fourth-order valence-electron chi connectivity index (χ4n) is 4.21. The summed E-state index contributed by atoms with van der Waals surface area (Å²) in [5, 5.41) is 3.65. The highest BCUT2D eigenvalue weighted by molar-refractivity contribution is 6.30. The van der Waals surface area contributed by atoms with Crippen molar-refractivity contribution in [3.8, 4) is 0 Å². The van der Waals surface area contributed by atoms with Crippen LogP contribution in [0.2, 0.25) is 5.02 Å². The maximum absolute atomic E-state index is 12.7. The molecule has 0 spiro atoms. The van der Waals surface area contributed by atoms with Gasteiger partial charge in [0.15, 0.2) is 0 Å². The van der Waals surface area contributed by atoms with E-state index in [-0.39, 0.29) is 11.9 Å². The summed E-state index contributed by atoms with van der Waals surface area (Å²) in [5.41, 5.74) is 2.67. The minimum absolute atomic E-state index is 0.137. The second-order valence-electron chi connectivity index (χ2n) is 8.64. The van der Waals surface area contributed by atoms with E-state index in [2.05, 4.69) is 28.9 Å². The lowest BCUT2D eigenvalue weighted by Gasteiger charge is -2.16. The molecule has 0 bridgehead atoms. The van der Waals surface area contributed by atoms with E-state index in [1.165, 1.54) is 51.4 Å². The van der Waals surface area contributed by atoms with Gasteiger partial charge in [-0.15, -0.1) is 0 Å². The summed E-state index contributed by atoms with van der Waals surface area (Å²) in [6.07, 6.45) is 11.7. The number of unbranched alkanes of at least 4 members (excludes halogenated alkanes) is 8. The first-order chi connectivity index (χ1) is 15.6. The van der Waals surface area contributed by atoms with Crippen molar-refractivity contribution in [1.82, 2.24) is 14.9 Å². The molecule has 0 aliphatic carbocycles. The summed E-state index contributed by atoms with van der Waals surface area (Å²) >= 11 is 6.05. The number of nitrogens with one attached hydrogen (secondary N) is 1. The van der Waals surface area contributed by atoms with Crippen LogP contribution in [0.3, 0.4) is 0 Å². The van der Waals surface area contributed by atoms with Gasteiger partial charge in [0, 0.05) is 17.1 Å². The van der Waals surface area contributed by atoms with E-state index in [9.17, 15) is 4.79 Å². The molecular weight excluding hydrogens is 418 g/mol. The van der Waals surface area contributed by atoms with Crippen LogP contribution >= 0.6 is 11.6 Å². The standard InChI is InChI=1S/C27H36ClN3O/c1-3-4-5-6-7-8-9-10-13-19-31-25-18-12-11-17-24(25)30-26(31)21(2)29-27(32)22-15-14-16-23(28)20-22/h11-12,14-18,20-21H,3-10,13,19H2,1-2H3,(H,29,32). The fourth-order valence-corrected chi connectivity index (χ4v) is 4.40. The van der Waals surface area contributed by atoms with E-state index in [1.807, 2.05) is 19.1 Å². The maximum Gasteiger partial charge on any atom is 0.251 e. The van der Waals surface area contributed by atoms with Gasteiger partial charge in [0.2, 0.25) is 0 Å². The normalized spacial score (nSPS) is 12.2. The average molecular weight is 454 g/mol. The van der Waals surface area contributed by atoms with Crippen LogP contribution < -0.4 is 5.32 Å². The molecule has 2 aromatic carbocycles. The molecule has 5 heteroatoms. The molecule has 1 heterocycles. The van der Waals surface area contributed by atoms with Gasteiger partial charge >= 0.3 is 0 Å². The molecule has 0 aliphatic heterocycles. The number of aromatic nitrogens is 2. The van der Waals surface area contributed by atoms with Gasteiger partial charge in [-0.05, 0) is 43.7 Å². The molecule has 1 amide bonds. The largest absolute Gasteiger partial charge is 0.342 e. The number of amides is 1. The van der Waals surface area contributed by atoms with Crippen molar-refractivity contribution in [2.24, 2.45) is 0 Å². The first kappa shape index (κ1) is 24.3. The van der Waals surface area contributed by atoms with Gasteiger partial charge in [0.1, 0.15) is 5.82 Å². The Morgan fingerprint density at radius 2 is 1.66 bits per heavy atom. The number of halogens is 1. The Balaban J connectivity index is 1.60. The van der Waals surface area contributed by atoms with E-state index < -0.39 is 0 Å². The number of benzene rings is 2. The predicted molar refractivity (Wildman–Crippen MR) is 134 cm³/mol. The van der Waals surface area contributed by atoms with Gasteiger partial charge in [-0.25, -0.2) is 4.98 Å². The zero-order chi connectivity index (χ0) is 22.8. The molecule has 172 valence electrons. The number of nitrogens with zero attached hydrogens (tertiary/aromatic N) is 2. The lowest BCUT2D eigenvalue weighted by atomic mass is 10.1. The second kappa shape index (κ2) is 12.6. The molecule has 0 saturated carbocycles. The van der Waals surface area contributed by atoms with E-state index >= 15 is 0 Å². The number of fused-ring (bicyclic) bond motifs is 1. The molecule has 0 saturated heterocycles. The number of para-hydroxylation sites is 2. The Hall–Kier alpha value is -2.33. The third-order valence-electron chi connectivity index (χ3n) is 5.99. The van der Waals surface area contributed by atoms with Crippen LogP contribution in [0.25, 0.3) is 11.0 Å². The van der Waals surface area contributed by atoms with E-state index in [1.54, 1.807) is 24.3 Å². The quantitative estimate of drug-likeness (QED) is 0.269. The third-order valence-corrected chi connectivity index (χ3v) is 6.23. The lowest BCUT2D eigenvalue weighted by molar-refractivity contribution is 0.0937. The summed E-state index contributed by atoms with van der Waals surface area (Å²) in [6.45, 7) is 5.18. The summed E-state index contributed by atoms with van der Waals surface area (Å²) in [5.74, 6) is 0.767. The molecule has 1 unspecified atom stereocenters. The van der Waals surface area contributed by atoms with Gasteiger partial charge in [0.25, 0.3) is 5.91 Å². The Labute approximate surface area is 197 Å². The zero-order valence-electron chi connectivity index (χ0n) is 19.4. The molecule has 0 radical (unpaired) electrons. The molecule has 3 rings (SSSR count). The monoisotopic (exact) mass is 453 g/mol. The first-order valence-electron chi connectivity index (χ1n) is 12.1. The molecule has 4 nitrogen and oxygen atoms in total.